The summed E-state index contributed by atoms with van der Waals surface area (Å²) >= 11 is 11.5. The van der Waals surface area contributed by atoms with Crippen LogP contribution >= 0.6 is 23.2 Å². The second-order valence-electron chi connectivity index (χ2n) is 2.35. The van der Waals surface area contributed by atoms with Gasteiger partial charge < -0.3 is 0 Å². The topological polar surface area (TPSA) is 12.4 Å². The average molecular weight is 202 g/mol. The third-order valence-electron chi connectivity index (χ3n) is 1.52. The first-order chi connectivity index (χ1) is 5.77. The summed E-state index contributed by atoms with van der Waals surface area (Å²) in [6, 6.07) is 7.71. The molecule has 0 saturated carbocycles. The van der Waals surface area contributed by atoms with Gasteiger partial charge in [-0.3, -0.25) is 4.99 Å². The van der Waals surface area contributed by atoms with E-state index in [4.69, 9.17) is 23.2 Å². The number of benzene rings is 1. The fourth-order valence-corrected chi connectivity index (χ4v) is 1.20. The van der Waals surface area contributed by atoms with Crippen LogP contribution in [0.2, 0.25) is 0 Å². The smallest absolute Gasteiger partial charge is 0.130 e. The molecule has 0 N–H and O–H groups in total. The van der Waals surface area contributed by atoms with Crippen LogP contribution in [-0.2, 0) is 5.88 Å². The summed E-state index contributed by atoms with van der Waals surface area (Å²) in [6.07, 6.45) is 0. The van der Waals surface area contributed by atoms with Gasteiger partial charge in [0.1, 0.15) is 5.17 Å². The van der Waals surface area contributed by atoms with Crippen LogP contribution in [0.5, 0.6) is 0 Å². The normalized spacial score (nSPS) is 11.8. The van der Waals surface area contributed by atoms with E-state index in [9.17, 15) is 0 Å². The second-order valence-corrected chi connectivity index (χ2v) is 2.97. The quantitative estimate of drug-likeness (QED) is 0.516. The Kier molecular flexibility index (Phi) is 3.57. The summed E-state index contributed by atoms with van der Waals surface area (Å²) in [6.45, 7) is 0. The number of hydrogen-bond acceptors (Lipinski definition) is 1. The zero-order chi connectivity index (χ0) is 8.97. The van der Waals surface area contributed by atoms with Gasteiger partial charge in [0.15, 0.2) is 0 Å². The highest BCUT2D eigenvalue weighted by Gasteiger charge is 1.98. The van der Waals surface area contributed by atoms with Gasteiger partial charge in [0.2, 0.25) is 0 Å². The van der Waals surface area contributed by atoms with Crippen LogP contribution in [0, 0.1) is 0 Å². The standard InChI is InChI=1S/C9H9Cl2N/c1-12-9(11)8-4-2-3-7(5-8)6-10/h2-5H,6H2,1H3. The molecule has 0 bridgehead atoms. The van der Waals surface area contributed by atoms with E-state index in [-0.39, 0.29) is 0 Å². The SMILES string of the molecule is CN=C(Cl)c1cccc(CCl)c1. The first-order valence-corrected chi connectivity index (χ1v) is 4.46. The molecule has 0 fully saturated rings. The maximum atomic E-state index is 5.83. The lowest BCUT2D eigenvalue weighted by molar-refractivity contribution is 1.38. The predicted octanol–water partition coefficient (Wildman–Crippen LogP) is 3.04. The molecule has 0 heterocycles. The Balaban J connectivity index is 3.02. The number of aliphatic imine (C=N–C) groups is 1. The molecule has 0 radical (unpaired) electrons. The summed E-state index contributed by atoms with van der Waals surface area (Å²) in [5.74, 6) is 0.502. The molecule has 0 aliphatic carbocycles. The summed E-state index contributed by atoms with van der Waals surface area (Å²) in [5, 5.41) is 0.516. The third-order valence-corrected chi connectivity index (χ3v) is 2.21. The summed E-state index contributed by atoms with van der Waals surface area (Å²) in [5.41, 5.74) is 1.97. The van der Waals surface area contributed by atoms with Crippen molar-refractivity contribution < 1.29 is 0 Å². The molecular formula is C9H9Cl2N. The van der Waals surface area contributed by atoms with E-state index in [0.717, 1.165) is 11.1 Å². The first-order valence-electron chi connectivity index (χ1n) is 3.55. The van der Waals surface area contributed by atoms with Crippen LogP contribution in [-0.4, -0.2) is 12.2 Å². The molecular weight excluding hydrogens is 193 g/mol. The molecule has 64 valence electrons. The molecule has 1 nitrogen and oxygen atoms in total. The van der Waals surface area contributed by atoms with Gasteiger partial charge in [-0.2, -0.15) is 0 Å². The highest BCUT2D eigenvalue weighted by atomic mass is 35.5. The average Bonchev–Trinajstić information content (AvgIpc) is 2.17. The molecule has 1 aromatic rings. The molecule has 0 saturated heterocycles. The van der Waals surface area contributed by atoms with Gasteiger partial charge in [-0.05, 0) is 11.6 Å². The van der Waals surface area contributed by atoms with Crippen LogP contribution in [0.3, 0.4) is 0 Å². The minimum atomic E-state index is 0.502. The fourth-order valence-electron chi connectivity index (χ4n) is 0.912. The van der Waals surface area contributed by atoms with Gasteiger partial charge in [-0.1, -0.05) is 29.8 Å². The lowest BCUT2D eigenvalue weighted by Gasteiger charge is -1.99. The molecule has 0 aliphatic rings. The minimum absolute atomic E-state index is 0.502. The van der Waals surface area contributed by atoms with E-state index in [1.165, 1.54) is 0 Å². The first kappa shape index (κ1) is 9.56. The summed E-state index contributed by atoms with van der Waals surface area (Å²) in [4.78, 5) is 3.87. The van der Waals surface area contributed by atoms with E-state index in [1.807, 2.05) is 24.3 Å². The fraction of sp³-hybridized carbons (Fsp3) is 0.222. The highest BCUT2D eigenvalue weighted by Crippen LogP contribution is 2.10. The highest BCUT2D eigenvalue weighted by molar-refractivity contribution is 6.69. The van der Waals surface area contributed by atoms with Crippen molar-refractivity contribution in [1.82, 2.24) is 0 Å². The number of rotatable bonds is 2. The summed E-state index contributed by atoms with van der Waals surface area (Å²) < 4.78 is 0. The van der Waals surface area contributed by atoms with Crippen molar-refractivity contribution in [2.45, 2.75) is 5.88 Å². The Morgan fingerprint density at radius 2 is 2.25 bits per heavy atom. The number of halogens is 2. The Bertz CT molecular complexity index is 294. The maximum absolute atomic E-state index is 5.83. The van der Waals surface area contributed by atoms with E-state index in [0.29, 0.717) is 11.1 Å². The Morgan fingerprint density at radius 1 is 1.50 bits per heavy atom. The molecule has 0 atom stereocenters. The minimum Gasteiger partial charge on any atom is -0.276 e. The molecule has 0 aliphatic heterocycles. The summed E-state index contributed by atoms with van der Waals surface area (Å²) in [7, 11) is 1.66. The van der Waals surface area contributed by atoms with Gasteiger partial charge in [0, 0.05) is 18.5 Å². The van der Waals surface area contributed by atoms with Crippen molar-refractivity contribution in [2.75, 3.05) is 7.05 Å². The van der Waals surface area contributed by atoms with Gasteiger partial charge >= 0.3 is 0 Å². The molecule has 0 spiro atoms. The maximum Gasteiger partial charge on any atom is 0.130 e. The van der Waals surface area contributed by atoms with Crippen molar-refractivity contribution in [2.24, 2.45) is 4.99 Å². The van der Waals surface area contributed by atoms with E-state index in [1.54, 1.807) is 7.05 Å². The van der Waals surface area contributed by atoms with E-state index < -0.39 is 0 Å². The van der Waals surface area contributed by atoms with Gasteiger partial charge in [-0.15, -0.1) is 11.6 Å². The Morgan fingerprint density at radius 3 is 2.83 bits per heavy atom. The van der Waals surface area contributed by atoms with Crippen molar-refractivity contribution in [1.29, 1.82) is 0 Å². The van der Waals surface area contributed by atoms with Crippen LogP contribution in [0.1, 0.15) is 11.1 Å². The van der Waals surface area contributed by atoms with Crippen LogP contribution < -0.4 is 0 Å². The van der Waals surface area contributed by atoms with Crippen molar-refractivity contribution >= 4 is 28.4 Å². The lowest BCUT2D eigenvalue weighted by atomic mass is 10.1. The Hall–Kier alpha value is -0.530. The monoisotopic (exact) mass is 201 g/mol. The molecule has 1 aromatic carbocycles. The van der Waals surface area contributed by atoms with Crippen molar-refractivity contribution in [3.8, 4) is 0 Å². The molecule has 0 amide bonds. The molecule has 1 rings (SSSR count). The lowest BCUT2D eigenvalue weighted by Crippen LogP contribution is -1.91. The number of nitrogens with zero attached hydrogens (tertiary/aromatic N) is 1. The molecule has 0 aromatic heterocycles. The number of alkyl halides is 1. The zero-order valence-corrected chi connectivity index (χ0v) is 8.23. The molecule has 12 heavy (non-hydrogen) atoms. The second kappa shape index (κ2) is 4.48. The van der Waals surface area contributed by atoms with Gasteiger partial charge in [-0.25, -0.2) is 0 Å². The van der Waals surface area contributed by atoms with E-state index in [2.05, 4.69) is 4.99 Å². The molecule has 0 unspecified atom stereocenters. The largest absolute Gasteiger partial charge is 0.276 e. The van der Waals surface area contributed by atoms with E-state index >= 15 is 0 Å². The van der Waals surface area contributed by atoms with Crippen molar-refractivity contribution in [3.63, 3.8) is 0 Å². The van der Waals surface area contributed by atoms with Crippen LogP contribution in [0.4, 0.5) is 0 Å². The zero-order valence-electron chi connectivity index (χ0n) is 6.72. The van der Waals surface area contributed by atoms with Gasteiger partial charge in [0.25, 0.3) is 0 Å². The van der Waals surface area contributed by atoms with Gasteiger partial charge in [0.05, 0.1) is 0 Å². The Labute approximate surface area is 82.0 Å². The molecule has 3 heteroatoms. The van der Waals surface area contributed by atoms with Crippen LogP contribution in [0.25, 0.3) is 0 Å². The van der Waals surface area contributed by atoms with Crippen LogP contribution in [0.15, 0.2) is 29.3 Å². The number of hydrogen-bond donors (Lipinski definition) is 0. The predicted molar refractivity (Wildman–Crippen MR) is 54.3 cm³/mol. The third kappa shape index (κ3) is 2.23. The van der Waals surface area contributed by atoms with Crippen molar-refractivity contribution in [3.05, 3.63) is 35.4 Å².